The van der Waals surface area contributed by atoms with Gasteiger partial charge in [-0.3, -0.25) is 9.59 Å². The van der Waals surface area contributed by atoms with Crippen molar-refractivity contribution in [3.63, 3.8) is 0 Å². The number of H-pyrrole nitrogens is 1. The van der Waals surface area contributed by atoms with E-state index in [9.17, 15) is 9.59 Å². The fourth-order valence-corrected chi connectivity index (χ4v) is 3.71. The van der Waals surface area contributed by atoms with Gasteiger partial charge in [-0.2, -0.15) is 5.10 Å². The second kappa shape index (κ2) is 8.60. The van der Waals surface area contributed by atoms with Crippen molar-refractivity contribution >= 4 is 46.0 Å². The van der Waals surface area contributed by atoms with Crippen LogP contribution < -0.4 is 15.6 Å². The molecule has 2 heterocycles. The molecule has 4 aromatic rings. The predicted molar refractivity (Wildman–Crippen MR) is 117 cm³/mol. The fraction of sp³-hybridized carbons (Fsp3) is 0.100. The van der Waals surface area contributed by atoms with Crippen molar-refractivity contribution in [1.82, 2.24) is 19.7 Å². The molecule has 2 aromatic carbocycles. The topological polar surface area (TPSA) is 102 Å². The summed E-state index contributed by atoms with van der Waals surface area (Å²) < 4.78 is 6.69. The molecule has 0 aliphatic carbocycles. The van der Waals surface area contributed by atoms with E-state index >= 15 is 0 Å². The molecule has 2 N–H and O–H groups in total. The maximum absolute atomic E-state index is 12.4. The molecule has 0 atom stereocenters. The summed E-state index contributed by atoms with van der Waals surface area (Å²) in [5.41, 5.74) is 1.45. The minimum atomic E-state index is -0.313. The zero-order valence-corrected chi connectivity index (χ0v) is 17.3. The lowest BCUT2D eigenvalue weighted by molar-refractivity contribution is -0.113. The van der Waals surface area contributed by atoms with E-state index in [0.717, 1.165) is 17.4 Å². The van der Waals surface area contributed by atoms with Gasteiger partial charge in [0.05, 0.1) is 29.8 Å². The van der Waals surface area contributed by atoms with Crippen LogP contribution in [0.5, 0.6) is 5.75 Å². The second-order valence-corrected chi connectivity index (χ2v) is 7.56. The van der Waals surface area contributed by atoms with Crippen LogP contribution >= 0.6 is 23.4 Å². The highest BCUT2D eigenvalue weighted by Gasteiger charge is 2.13. The molecule has 1 amide bonds. The number of hydrogen-bond acceptors (Lipinski definition) is 6. The number of amides is 1. The van der Waals surface area contributed by atoms with Gasteiger partial charge in [-0.05, 0) is 30.3 Å². The van der Waals surface area contributed by atoms with Gasteiger partial charge in [0, 0.05) is 5.69 Å². The van der Waals surface area contributed by atoms with Crippen molar-refractivity contribution < 1.29 is 9.53 Å². The average molecular weight is 442 g/mol. The Labute approximate surface area is 180 Å². The van der Waals surface area contributed by atoms with Gasteiger partial charge in [-0.15, -0.1) is 0 Å². The summed E-state index contributed by atoms with van der Waals surface area (Å²) >= 11 is 7.19. The summed E-state index contributed by atoms with van der Waals surface area (Å²) in [6, 6.07) is 14.4. The van der Waals surface area contributed by atoms with Crippen LogP contribution in [0.15, 0.2) is 64.7 Å². The van der Waals surface area contributed by atoms with Crippen LogP contribution in [0.25, 0.3) is 16.7 Å². The monoisotopic (exact) mass is 441 g/mol. The van der Waals surface area contributed by atoms with Crippen molar-refractivity contribution in [3.8, 4) is 11.4 Å². The molecule has 8 nitrogen and oxygen atoms in total. The van der Waals surface area contributed by atoms with E-state index in [1.165, 1.54) is 13.3 Å². The maximum atomic E-state index is 12.4. The van der Waals surface area contributed by atoms with Crippen LogP contribution in [-0.4, -0.2) is 38.5 Å². The van der Waals surface area contributed by atoms with Gasteiger partial charge in [0.2, 0.25) is 5.91 Å². The van der Waals surface area contributed by atoms with Gasteiger partial charge in [-0.1, -0.05) is 41.6 Å². The lowest BCUT2D eigenvalue weighted by atomic mass is 10.3. The van der Waals surface area contributed by atoms with E-state index in [1.807, 2.05) is 30.3 Å². The number of methoxy groups -OCH3 is 1. The van der Waals surface area contributed by atoms with Crippen molar-refractivity contribution in [1.29, 1.82) is 0 Å². The molecule has 30 heavy (non-hydrogen) atoms. The summed E-state index contributed by atoms with van der Waals surface area (Å²) in [6.07, 6.45) is 1.47. The predicted octanol–water partition coefficient (Wildman–Crippen LogP) is 3.50. The number of fused-ring (bicyclic) bond motifs is 1. The molecular weight excluding hydrogens is 426 g/mol. The Morgan fingerprint density at radius 2 is 2.07 bits per heavy atom. The van der Waals surface area contributed by atoms with E-state index in [0.29, 0.717) is 32.6 Å². The van der Waals surface area contributed by atoms with Crippen LogP contribution in [0.4, 0.5) is 5.69 Å². The van der Waals surface area contributed by atoms with Gasteiger partial charge in [0.15, 0.2) is 10.8 Å². The summed E-state index contributed by atoms with van der Waals surface area (Å²) in [7, 11) is 1.52. The Morgan fingerprint density at radius 1 is 1.27 bits per heavy atom. The normalized spacial score (nSPS) is 10.9. The molecule has 10 heteroatoms. The van der Waals surface area contributed by atoms with Crippen molar-refractivity contribution in [3.05, 3.63) is 70.1 Å². The van der Waals surface area contributed by atoms with Crippen LogP contribution in [0.3, 0.4) is 0 Å². The summed E-state index contributed by atoms with van der Waals surface area (Å²) in [4.78, 5) is 31.8. The van der Waals surface area contributed by atoms with Gasteiger partial charge in [-0.25, -0.2) is 9.67 Å². The fourth-order valence-electron chi connectivity index (χ4n) is 2.80. The van der Waals surface area contributed by atoms with Crippen molar-refractivity contribution in [2.45, 2.75) is 5.16 Å². The first-order valence-corrected chi connectivity index (χ1v) is 10.2. The molecule has 0 fully saturated rings. The van der Waals surface area contributed by atoms with E-state index in [4.69, 9.17) is 16.3 Å². The number of ether oxygens (including phenoxy) is 1. The number of carbonyl (C=O) groups is 1. The maximum Gasteiger partial charge on any atom is 0.262 e. The highest BCUT2D eigenvalue weighted by atomic mass is 35.5. The van der Waals surface area contributed by atoms with Crippen molar-refractivity contribution in [2.75, 3.05) is 18.2 Å². The van der Waals surface area contributed by atoms with Crippen LogP contribution in [0, 0.1) is 0 Å². The number of carbonyl (C=O) groups excluding carboxylic acids is 1. The molecule has 2 aromatic heterocycles. The molecule has 0 aliphatic rings. The number of nitrogens with one attached hydrogen (secondary N) is 2. The van der Waals surface area contributed by atoms with Gasteiger partial charge in [0.25, 0.3) is 5.56 Å². The summed E-state index contributed by atoms with van der Waals surface area (Å²) in [5, 5.41) is 8.11. The number of hydrogen-bond donors (Lipinski definition) is 2. The number of para-hydroxylation sites is 1. The third kappa shape index (κ3) is 4.17. The number of nitrogens with zero attached hydrogens (tertiary/aromatic N) is 3. The highest BCUT2D eigenvalue weighted by molar-refractivity contribution is 7.99. The molecule has 0 aliphatic heterocycles. The standard InChI is InChI=1S/C20H16ClN5O3S/c1-29-16-8-7-12(9-15(16)21)23-17(27)11-30-20-24-18-14(19(28)25-20)10-22-26(18)13-5-3-2-4-6-13/h2-10H,11H2,1H3,(H,23,27)(H,24,25,28). The van der Waals surface area contributed by atoms with E-state index in [1.54, 1.807) is 22.9 Å². The lowest BCUT2D eigenvalue weighted by Crippen LogP contribution is -2.15. The smallest absolute Gasteiger partial charge is 0.262 e. The molecule has 152 valence electrons. The Hall–Kier alpha value is -3.30. The molecule has 0 saturated carbocycles. The zero-order valence-electron chi connectivity index (χ0n) is 15.8. The first-order chi connectivity index (χ1) is 14.5. The number of thioether (sulfide) groups is 1. The largest absolute Gasteiger partial charge is 0.495 e. The minimum absolute atomic E-state index is 0.0531. The highest BCUT2D eigenvalue weighted by Crippen LogP contribution is 2.27. The molecule has 0 radical (unpaired) electrons. The van der Waals surface area contributed by atoms with Gasteiger partial charge in [0.1, 0.15) is 11.1 Å². The first-order valence-electron chi connectivity index (χ1n) is 8.85. The Morgan fingerprint density at radius 3 is 2.80 bits per heavy atom. The molecule has 0 bridgehead atoms. The molecule has 0 spiro atoms. The third-order valence-electron chi connectivity index (χ3n) is 4.19. The Bertz CT molecular complexity index is 1270. The summed E-state index contributed by atoms with van der Waals surface area (Å²) in [6.45, 7) is 0. The minimum Gasteiger partial charge on any atom is -0.495 e. The Kier molecular flexibility index (Phi) is 5.73. The SMILES string of the molecule is COc1ccc(NC(=O)CSc2nc3c(cnn3-c3ccccc3)c(=O)[nH]2)cc1Cl. The lowest BCUT2D eigenvalue weighted by Gasteiger charge is -2.08. The second-order valence-electron chi connectivity index (χ2n) is 6.19. The zero-order chi connectivity index (χ0) is 21.1. The number of anilines is 1. The van der Waals surface area contributed by atoms with E-state index in [-0.39, 0.29) is 17.2 Å². The molecule has 0 saturated heterocycles. The third-order valence-corrected chi connectivity index (χ3v) is 5.36. The van der Waals surface area contributed by atoms with Gasteiger partial charge < -0.3 is 15.0 Å². The Balaban J connectivity index is 1.51. The number of rotatable bonds is 6. The quantitative estimate of drug-likeness (QED) is 0.350. The molecule has 0 unspecified atom stereocenters. The number of aromatic nitrogens is 4. The van der Waals surface area contributed by atoms with Crippen molar-refractivity contribution in [2.24, 2.45) is 0 Å². The van der Waals surface area contributed by atoms with E-state index in [2.05, 4.69) is 20.4 Å². The first kappa shape index (κ1) is 20.0. The van der Waals surface area contributed by atoms with Crippen LogP contribution in [0.1, 0.15) is 0 Å². The number of halogens is 1. The van der Waals surface area contributed by atoms with Gasteiger partial charge >= 0.3 is 0 Å². The average Bonchev–Trinajstić information content (AvgIpc) is 3.18. The molecule has 4 rings (SSSR count). The van der Waals surface area contributed by atoms with Crippen LogP contribution in [-0.2, 0) is 4.79 Å². The number of benzene rings is 2. The molecular formula is C20H16ClN5O3S. The van der Waals surface area contributed by atoms with E-state index < -0.39 is 0 Å². The summed E-state index contributed by atoms with van der Waals surface area (Å²) in [5.74, 6) is 0.312. The van der Waals surface area contributed by atoms with Crippen LogP contribution in [0.2, 0.25) is 5.02 Å². The number of aromatic amines is 1.